The molecule has 0 aromatic carbocycles. The SMILES string of the molecule is COCc1noc(CN2CCCCC2c2nnc(CC(F)(F)F)o2)n1. The summed E-state index contributed by atoms with van der Waals surface area (Å²) in [6, 6.07) is -0.263. The van der Waals surface area contributed by atoms with Crippen molar-refractivity contribution in [3.63, 3.8) is 0 Å². The van der Waals surface area contributed by atoms with Gasteiger partial charge in [-0.3, -0.25) is 4.90 Å². The molecule has 3 rings (SSSR count). The van der Waals surface area contributed by atoms with Crippen molar-refractivity contribution in [2.45, 2.75) is 51.1 Å². The zero-order valence-electron chi connectivity index (χ0n) is 13.6. The van der Waals surface area contributed by atoms with E-state index in [-0.39, 0.29) is 18.5 Å². The highest BCUT2D eigenvalue weighted by molar-refractivity contribution is 4.96. The van der Waals surface area contributed by atoms with Gasteiger partial charge in [-0.2, -0.15) is 18.2 Å². The van der Waals surface area contributed by atoms with Gasteiger partial charge in [0, 0.05) is 7.11 Å². The molecule has 8 nitrogen and oxygen atoms in total. The number of ether oxygens (including phenoxy) is 1. The number of methoxy groups -OCH3 is 1. The Kier molecular flexibility index (Phi) is 5.33. The average Bonchev–Trinajstić information content (AvgIpc) is 3.16. The molecule has 0 amide bonds. The summed E-state index contributed by atoms with van der Waals surface area (Å²) in [5.74, 6) is 0.620. The van der Waals surface area contributed by atoms with Gasteiger partial charge < -0.3 is 13.7 Å². The molecule has 3 heterocycles. The van der Waals surface area contributed by atoms with Gasteiger partial charge in [-0.15, -0.1) is 10.2 Å². The Bertz CT molecular complexity index is 687. The van der Waals surface area contributed by atoms with Crippen LogP contribution in [0.15, 0.2) is 8.94 Å². The fourth-order valence-electron chi connectivity index (χ4n) is 2.82. The maximum Gasteiger partial charge on any atom is 0.397 e. The predicted molar refractivity (Wildman–Crippen MR) is 76.1 cm³/mol. The van der Waals surface area contributed by atoms with Crippen molar-refractivity contribution in [1.29, 1.82) is 0 Å². The molecule has 1 saturated heterocycles. The third kappa shape index (κ3) is 4.75. The summed E-state index contributed by atoms with van der Waals surface area (Å²) >= 11 is 0. The summed E-state index contributed by atoms with van der Waals surface area (Å²) in [4.78, 5) is 6.21. The van der Waals surface area contributed by atoms with Crippen LogP contribution in [0.4, 0.5) is 13.2 Å². The molecular formula is C14H18F3N5O3. The lowest BCUT2D eigenvalue weighted by Crippen LogP contribution is -2.33. The Balaban J connectivity index is 1.70. The predicted octanol–water partition coefficient (Wildman–Crippen LogP) is 2.43. The monoisotopic (exact) mass is 361 g/mol. The van der Waals surface area contributed by atoms with E-state index >= 15 is 0 Å². The summed E-state index contributed by atoms with van der Waals surface area (Å²) in [6.07, 6.45) is -3.00. The van der Waals surface area contributed by atoms with Gasteiger partial charge in [0.05, 0.1) is 12.6 Å². The average molecular weight is 361 g/mol. The summed E-state index contributed by atoms with van der Waals surface area (Å²) < 4.78 is 52.7. The summed E-state index contributed by atoms with van der Waals surface area (Å²) in [6.45, 7) is 1.33. The standard InChI is InChI=1S/C14H18F3N5O3/c1-23-8-10-18-12(25-21-10)7-22-5-3-2-4-9(22)13-20-19-11(24-13)6-14(15,16)17/h9H,2-8H2,1H3. The first-order valence-electron chi connectivity index (χ1n) is 7.88. The van der Waals surface area contributed by atoms with Gasteiger partial charge in [0.25, 0.3) is 0 Å². The highest BCUT2D eigenvalue weighted by atomic mass is 19.4. The quantitative estimate of drug-likeness (QED) is 0.775. The van der Waals surface area contributed by atoms with E-state index in [9.17, 15) is 13.2 Å². The first-order valence-corrected chi connectivity index (χ1v) is 7.88. The zero-order chi connectivity index (χ0) is 17.9. The molecule has 11 heteroatoms. The molecule has 138 valence electrons. The normalized spacial score (nSPS) is 19.4. The van der Waals surface area contributed by atoms with Crippen LogP contribution in [0.5, 0.6) is 0 Å². The van der Waals surface area contributed by atoms with E-state index in [0.717, 1.165) is 19.4 Å². The molecular weight excluding hydrogens is 343 g/mol. The molecule has 1 aliphatic heterocycles. The maximum atomic E-state index is 12.4. The third-order valence-corrected chi connectivity index (χ3v) is 3.85. The maximum absolute atomic E-state index is 12.4. The highest BCUT2D eigenvalue weighted by Crippen LogP contribution is 2.32. The summed E-state index contributed by atoms with van der Waals surface area (Å²) in [7, 11) is 1.53. The first-order chi connectivity index (χ1) is 11.9. The Labute approximate surface area is 141 Å². The van der Waals surface area contributed by atoms with Crippen molar-refractivity contribution < 1.29 is 26.8 Å². The molecule has 2 aromatic rings. The summed E-state index contributed by atoms with van der Waals surface area (Å²) in [5, 5.41) is 11.1. The number of hydrogen-bond donors (Lipinski definition) is 0. The van der Waals surface area contributed by atoms with Gasteiger partial charge in [0.15, 0.2) is 5.82 Å². The fourth-order valence-corrected chi connectivity index (χ4v) is 2.82. The van der Waals surface area contributed by atoms with Gasteiger partial charge in [-0.25, -0.2) is 0 Å². The largest absolute Gasteiger partial charge is 0.423 e. The lowest BCUT2D eigenvalue weighted by atomic mass is 10.0. The van der Waals surface area contributed by atoms with Gasteiger partial charge in [0.1, 0.15) is 13.0 Å². The van der Waals surface area contributed by atoms with Crippen molar-refractivity contribution in [2.75, 3.05) is 13.7 Å². The Morgan fingerprint density at radius 3 is 2.84 bits per heavy atom. The van der Waals surface area contributed by atoms with Gasteiger partial charge >= 0.3 is 6.18 Å². The molecule has 2 aromatic heterocycles. The molecule has 1 unspecified atom stereocenters. The van der Waals surface area contributed by atoms with Gasteiger partial charge in [-0.1, -0.05) is 11.6 Å². The molecule has 1 fully saturated rings. The number of piperidine rings is 1. The molecule has 0 N–H and O–H groups in total. The molecule has 0 saturated carbocycles. The van der Waals surface area contributed by atoms with E-state index in [4.69, 9.17) is 13.7 Å². The third-order valence-electron chi connectivity index (χ3n) is 3.85. The van der Waals surface area contributed by atoms with Crippen molar-refractivity contribution in [3.8, 4) is 0 Å². The number of halogens is 3. The number of alkyl halides is 3. The van der Waals surface area contributed by atoms with Crippen LogP contribution in [0, 0.1) is 0 Å². The molecule has 1 aliphatic rings. The number of likely N-dealkylation sites (tertiary alicyclic amines) is 1. The van der Waals surface area contributed by atoms with Crippen LogP contribution < -0.4 is 0 Å². The topological polar surface area (TPSA) is 90.3 Å². The second-order valence-corrected chi connectivity index (χ2v) is 5.85. The van der Waals surface area contributed by atoms with Crippen LogP contribution in [-0.4, -0.2) is 45.1 Å². The minimum Gasteiger partial charge on any atom is -0.423 e. The fraction of sp³-hybridized carbons (Fsp3) is 0.714. The Morgan fingerprint density at radius 2 is 2.08 bits per heavy atom. The molecule has 0 radical (unpaired) electrons. The smallest absolute Gasteiger partial charge is 0.397 e. The van der Waals surface area contributed by atoms with Gasteiger partial charge in [0.2, 0.25) is 17.7 Å². The Hall–Kier alpha value is -2.01. The number of nitrogens with zero attached hydrogens (tertiary/aromatic N) is 5. The first kappa shape index (κ1) is 17.8. The second kappa shape index (κ2) is 7.48. The number of aromatic nitrogens is 4. The number of rotatable bonds is 6. The van der Waals surface area contributed by atoms with Crippen molar-refractivity contribution >= 4 is 0 Å². The van der Waals surface area contributed by atoms with Crippen LogP contribution in [0.3, 0.4) is 0 Å². The number of hydrogen-bond acceptors (Lipinski definition) is 8. The Morgan fingerprint density at radius 1 is 1.24 bits per heavy atom. The molecule has 25 heavy (non-hydrogen) atoms. The van der Waals surface area contributed by atoms with E-state index in [1.165, 1.54) is 7.11 Å². The van der Waals surface area contributed by atoms with E-state index < -0.39 is 18.5 Å². The lowest BCUT2D eigenvalue weighted by molar-refractivity contribution is -0.131. The van der Waals surface area contributed by atoms with Crippen molar-refractivity contribution in [3.05, 3.63) is 23.5 Å². The van der Waals surface area contributed by atoms with E-state index in [1.807, 2.05) is 4.90 Å². The molecule has 0 bridgehead atoms. The van der Waals surface area contributed by atoms with E-state index in [1.54, 1.807) is 0 Å². The van der Waals surface area contributed by atoms with Crippen molar-refractivity contribution in [1.82, 2.24) is 25.2 Å². The van der Waals surface area contributed by atoms with E-state index in [0.29, 0.717) is 24.7 Å². The minimum atomic E-state index is -4.38. The molecule has 0 aliphatic carbocycles. The zero-order valence-corrected chi connectivity index (χ0v) is 13.6. The minimum absolute atomic E-state index is 0.190. The van der Waals surface area contributed by atoms with Gasteiger partial charge in [-0.05, 0) is 19.4 Å². The van der Waals surface area contributed by atoms with Crippen LogP contribution in [0.25, 0.3) is 0 Å². The molecule has 0 spiro atoms. The summed E-state index contributed by atoms with van der Waals surface area (Å²) in [5.41, 5.74) is 0. The molecule has 1 atom stereocenters. The van der Waals surface area contributed by atoms with E-state index in [2.05, 4.69) is 20.3 Å². The van der Waals surface area contributed by atoms with Crippen LogP contribution in [-0.2, 0) is 24.3 Å². The van der Waals surface area contributed by atoms with Crippen LogP contribution in [0.2, 0.25) is 0 Å². The highest BCUT2D eigenvalue weighted by Gasteiger charge is 2.34. The lowest BCUT2D eigenvalue weighted by Gasteiger charge is -2.32. The van der Waals surface area contributed by atoms with Crippen LogP contribution in [0.1, 0.15) is 48.8 Å². The van der Waals surface area contributed by atoms with Crippen LogP contribution >= 0.6 is 0 Å². The second-order valence-electron chi connectivity index (χ2n) is 5.85. The van der Waals surface area contributed by atoms with Crippen molar-refractivity contribution in [2.24, 2.45) is 0 Å².